The number of aliphatic carboxylic acids is 1. The maximum Gasteiger partial charge on any atom is 0.406 e. The molecule has 28 heavy (non-hydrogen) atoms. The lowest BCUT2D eigenvalue weighted by atomic mass is 9.93. The van der Waals surface area contributed by atoms with Crippen LogP contribution in [0.5, 0.6) is 0 Å². The Kier molecular flexibility index (Phi) is 5.53. The Bertz CT molecular complexity index is 928. The van der Waals surface area contributed by atoms with Crippen LogP contribution in [0.4, 0.5) is 13.2 Å². The molecule has 1 unspecified atom stereocenters. The monoisotopic (exact) mass is 419 g/mol. The van der Waals surface area contributed by atoms with Crippen molar-refractivity contribution < 1.29 is 32.6 Å². The topological polar surface area (TPSA) is 84.7 Å². The summed E-state index contributed by atoms with van der Waals surface area (Å²) in [6.45, 7) is -1.68. The lowest BCUT2D eigenvalue weighted by Gasteiger charge is -2.25. The third-order valence-electron chi connectivity index (χ3n) is 4.60. The first-order valence-corrected chi connectivity index (χ1v) is 8.70. The van der Waals surface area contributed by atoms with E-state index in [-0.39, 0.29) is 19.7 Å². The molecule has 0 aliphatic carbocycles. The van der Waals surface area contributed by atoms with E-state index >= 15 is 0 Å². The number of ether oxygens (including phenoxy) is 1. The van der Waals surface area contributed by atoms with Crippen LogP contribution in [0.15, 0.2) is 12.3 Å². The van der Waals surface area contributed by atoms with Gasteiger partial charge in [0, 0.05) is 19.0 Å². The van der Waals surface area contributed by atoms with Crippen molar-refractivity contribution in [3.63, 3.8) is 0 Å². The molecule has 152 valence electrons. The fourth-order valence-corrected chi connectivity index (χ4v) is 3.86. The molecule has 1 N–H and O–H groups in total. The smallest absolute Gasteiger partial charge is 0.406 e. The summed E-state index contributed by atoms with van der Waals surface area (Å²) in [6, 6.07) is 1.56. The molecule has 0 saturated carbocycles. The second-order valence-corrected chi connectivity index (χ2v) is 7.04. The number of hydrogen-bond donors (Lipinski definition) is 1. The second kappa shape index (κ2) is 7.59. The maximum absolute atomic E-state index is 13.0. The largest absolute Gasteiger partial charge is 0.481 e. The van der Waals surface area contributed by atoms with Gasteiger partial charge in [-0.3, -0.25) is 9.59 Å². The number of rotatable bonds is 5. The summed E-state index contributed by atoms with van der Waals surface area (Å²) in [5.41, 5.74) is 1.50. The van der Waals surface area contributed by atoms with Gasteiger partial charge in [-0.25, -0.2) is 4.68 Å². The number of amides is 1. The predicted molar refractivity (Wildman–Crippen MR) is 92.7 cm³/mol. The van der Waals surface area contributed by atoms with E-state index in [0.29, 0.717) is 32.0 Å². The van der Waals surface area contributed by atoms with Gasteiger partial charge in [-0.05, 0) is 23.6 Å². The first kappa shape index (κ1) is 20.4. The van der Waals surface area contributed by atoms with Crippen LogP contribution < -0.4 is 0 Å². The van der Waals surface area contributed by atoms with Crippen LogP contribution in [0.2, 0.25) is 5.02 Å². The molecule has 0 spiro atoms. The number of carbonyl (C=O) groups excluding carboxylic acids is 1. The average molecular weight is 420 g/mol. The Hall–Kier alpha value is -2.33. The van der Waals surface area contributed by atoms with Crippen LogP contribution in [0, 0.1) is 5.92 Å². The van der Waals surface area contributed by atoms with Gasteiger partial charge in [0.25, 0.3) is 0 Å². The van der Waals surface area contributed by atoms with Gasteiger partial charge in [-0.1, -0.05) is 11.6 Å². The number of carboxylic acids is 1. The Morgan fingerprint density at radius 2 is 2.18 bits per heavy atom. The van der Waals surface area contributed by atoms with Gasteiger partial charge in [0.05, 0.1) is 29.1 Å². The molecule has 0 saturated heterocycles. The van der Waals surface area contributed by atoms with Gasteiger partial charge < -0.3 is 14.7 Å². The van der Waals surface area contributed by atoms with Crippen molar-refractivity contribution in [2.24, 2.45) is 5.92 Å². The highest BCUT2D eigenvalue weighted by atomic mass is 35.5. The number of carboxylic acid groups (broad SMARTS) is 1. The summed E-state index contributed by atoms with van der Waals surface area (Å²) >= 11 is 6.35. The molecule has 2 heterocycles. The molecule has 1 amide bonds. The molecule has 1 aromatic heterocycles. The van der Waals surface area contributed by atoms with E-state index in [9.17, 15) is 22.8 Å². The number of aromatic nitrogens is 2. The molecule has 0 radical (unpaired) electrons. The van der Waals surface area contributed by atoms with Crippen molar-refractivity contribution in [2.45, 2.75) is 32.3 Å². The summed E-state index contributed by atoms with van der Waals surface area (Å²) in [4.78, 5) is 24.4. The number of fused-ring (bicyclic) bond motifs is 3. The molecule has 0 fully saturated rings. The zero-order chi connectivity index (χ0) is 20.6. The molecule has 1 aliphatic heterocycles. The van der Waals surface area contributed by atoms with E-state index in [4.69, 9.17) is 21.4 Å². The van der Waals surface area contributed by atoms with E-state index in [2.05, 4.69) is 5.10 Å². The molecule has 0 bridgehead atoms. The Morgan fingerprint density at radius 1 is 1.46 bits per heavy atom. The molecular formula is C17H17ClF3N3O4. The number of carbonyl (C=O) groups is 2. The quantitative estimate of drug-likeness (QED) is 0.805. The lowest BCUT2D eigenvalue weighted by molar-refractivity contribution is -0.165. The van der Waals surface area contributed by atoms with E-state index < -0.39 is 36.9 Å². The first-order valence-electron chi connectivity index (χ1n) is 8.32. The van der Waals surface area contributed by atoms with Gasteiger partial charge >= 0.3 is 12.1 Å². The van der Waals surface area contributed by atoms with Crippen LogP contribution in [0.3, 0.4) is 0 Å². The third kappa shape index (κ3) is 4.07. The second-order valence-electron chi connectivity index (χ2n) is 6.63. The Labute approximate surface area is 162 Å². The number of hydrogen-bond acceptors (Lipinski definition) is 4. The molecule has 11 heteroatoms. The minimum atomic E-state index is -4.61. The van der Waals surface area contributed by atoms with E-state index in [1.54, 1.807) is 6.07 Å². The molecule has 1 atom stereocenters. The molecule has 3 rings (SSSR count). The average Bonchev–Trinajstić information content (AvgIpc) is 2.94. The highest BCUT2D eigenvalue weighted by molar-refractivity contribution is 6.35. The van der Waals surface area contributed by atoms with Crippen LogP contribution in [-0.2, 0) is 34.0 Å². The summed E-state index contributed by atoms with van der Waals surface area (Å²) in [5, 5.41) is 14.1. The summed E-state index contributed by atoms with van der Waals surface area (Å²) < 4.78 is 45.6. The van der Waals surface area contributed by atoms with Gasteiger partial charge in [0.1, 0.15) is 13.3 Å². The Balaban J connectivity index is 2.14. The number of benzene rings is 1. The fourth-order valence-electron chi connectivity index (χ4n) is 3.53. The van der Waals surface area contributed by atoms with Crippen molar-refractivity contribution in [1.29, 1.82) is 0 Å². The maximum atomic E-state index is 13.0. The number of alkyl halides is 3. The highest BCUT2D eigenvalue weighted by Gasteiger charge is 2.39. The Morgan fingerprint density at radius 3 is 2.79 bits per heavy atom. The van der Waals surface area contributed by atoms with E-state index in [1.807, 2.05) is 0 Å². The summed E-state index contributed by atoms with van der Waals surface area (Å²) in [7, 11) is 1.46. The minimum Gasteiger partial charge on any atom is -0.481 e. The standard InChI is InChI=1S/C17H17ClF3N3O4/c1-28-8-24-15-11(5-22-24)12-6-23(7-17(19,20)21)16(27)10(4-14(25)26)2-9(12)3-13(15)18/h3,5,10H,2,4,6-8H2,1H3,(H,25,26). The van der Waals surface area contributed by atoms with E-state index in [1.165, 1.54) is 18.0 Å². The molecule has 7 nitrogen and oxygen atoms in total. The van der Waals surface area contributed by atoms with Crippen molar-refractivity contribution >= 4 is 34.4 Å². The minimum absolute atomic E-state index is 0.0139. The predicted octanol–water partition coefficient (Wildman–Crippen LogP) is 2.83. The highest BCUT2D eigenvalue weighted by Crippen LogP contribution is 2.35. The van der Waals surface area contributed by atoms with Crippen molar-refractivity contribution in [1.82, 2.24) is 14.7 Å². The first-order chi connectivity index (χ1) is 13.1. The van der Waals surface area contributed by atoms with Crippen molar-refractivity contribution in [3.05, 3.63) is 28.4 Å². The van der Waals surface area contributed by atoms with Gasteiger partial charge in [0.15, 0.2) is 0 Å². The van der Waals surface area contributed by atoms with Gasteiger partial charge in [0.2, 0.25) is 5.91 Å². The van der Waals surface area contributed by atoms with Gasteiger partial charge in [-0.2, -0.15) is 18.3 Å². The van der Waals surface area contributed by atoms with Crippen LogP contribution in [-0.4, -0.2) is 51.5 Å². The van der Waals surface area contributed by atoms with Gasteiger partial charge in [-0.15, -0.1) is 0 Å². The molecular weight excluding hydrogens is 403 g/mol. The van der Waals surface area contributed by atoms with Crippen LogP contribution >= 0.6 is 11.6 Å². The zero-order valence-electron chi connectivity index (χ0n) is 14.8. The normalized spacial score (nSPS) is 17.7. The molecule has 1 aliphatic rings. The number of methoxy groups -OCH3 is 1. The zero-order valence-corrected chi connectivity index (χ0v) is 15.5. The summed E-state index contributed by atoms with van der Waals surface area (Å²) in [5.74, 6) is -3.21. The third-order valence-corrected chi connectivity index (χ3v) is 4.89. The van der Waals surface area contributed by atoms with Crippen molar-refractivity contribution in [3.8, 4) is 0 Å². The summed E-state index contributed by atoms with van der Waals surface area (Å²) in [6.07, 6.45) is -3.72. The van der Waals surface area contributed by atoms with Crippen molar-refractivity contribution in [2.75, 3.05) is 13.7 Å². The molecule has 2 aromatic rings. The van der Waals surface area contributed by atoms with Crippen LogP contribution in [0.25, 0.3) is 10.9 Å². The number of nitrogens with zero attached hydrogens (tertiary/aromatic N) is 3. The molecule has 1 aromatic carbocycles. The number of halogens is 4. The van der Waals surface area contributed by atoms with E-state index in [0.717, 1.165) is 0 Å². The van der Waals surface area contributed by atoms with Crippen LogP contribution in [0.1, 0.15) is 17.5 Å². The fraction of sp³-hybridized carbons (Fsp3) is 0.471. The SMILES string of the molecule is COCn1ncc2c3c(cc(Cl)c21)CC(CC(=O)O)C(=O)N(CC(F)(F)F)C3. The lowest BCUT2D eigenvalue weighted by Crippen LogP contribution is -2.41.